The van der Waals surface area contributed by atoms with Crippen LogP contribution in [0.3, 0.4) is 0 Å². The highest BCUT2D eigenvalue weighted by molar-refractivity contribution is 14.1. The van der Waals surface area contributed by atoms with Crippen LogP contribution in [0.4, 0.5) is 0 Å². The van der Waals surface area contributed by atoms with E-state index in [1.165, 1.54) is 6.07 Å². The van der Waals surface area contributed by atoms with Crippen LogP contribution in [0.15, 0.2) is 84.9 Å². The summed E-state index contributed by atoms with van der Waals surface area (Å²) in [7, 11) is 0. The Bertz CT molecular complexity index is 1650. The monoisotopic (exact) mass is 650 g/mol. The van der Waals surface area contributed by atoms with E-state index in [9.17, 15) is 9.90 Å². The van der Waals surface area contributed by atoms with Crippen LogP contribution < -0.4 is 14.8 Å². The zero-order valence-electron chi connectivity index (χ0n) is 22.3. The molecule has 0 amide bonds. The summed E-state index contributed by atoms with van der Waals surface area (Å²) in [5, 5.41) is 25.4. The number of carboxylic acids is 1. The van der Waals surface area contributed by atoms with Gasteiger partial charge in [0.05, 0.1) is 14.7 Å². The summed E-state index contributed by atoms with van der Waals surface area (Å²) in [6.07, 6.45) is 0.0749. The standard InChI is InChI=1S/C32H31IN2O5/c1-32(2,17-20-10-13-23(14-11-20)40-28-15-12-21(31(37)38)16-25(28)33)34-18-22(36)19-39-29-9-5-8-27-30(29)24-6-3-4-7-26(24)35-27/h3-16,22,34-36H,17-19H2,1-2H3,(H,37,38)/t22-/m0/s1. The number of ether oxygens (including phenoxy) is 2. The number of hydrogen-bond acceptors (Lipinski definition) is 5. The van der Waals surface area contributed by atoms with Crippen molar-refractivity contribution in [3.8, 4) is 17.2 Å². The number of benzene rings is 4. The fourth-order valence-corrected chi connectivity index (χ4v) is 5.34. The van der Waals surface area contributed by atoms with Gasteiger partial charge in [0, 0.05) is 28.4 Å². The molecule has 0 saturated heterocycles. The van der Waals surface area contributed by atoms with Crippen molar-refractivity contribution in [2.24, 2.45) is 0 Å². The lowest BCUT2D eigenvalue weighted by Crippen LogP contribution is -2.46. The molecule has 4 aromatic carbocycles. The largest absolute Gasteiger partial charge is 0.490 e. The van der Waals surface area contributed by atoms with Crippen molar-refractivity contribution < 1.29 is 24.5 Å². The number of rotatable bonds is 11. The molecule has 1 heterocycles. The van der Waals surface area contributed by atoms with E-state index in [0.29, 0.717) is 18.0 Å². The molecule has 5 rings (SSSR count). The second-order valence-corrected chi connectivity index (χ2v) is 11.6. The second-order valence-electron chi connectivity index (χ2n) is 10.5. The van der Waals surface area contributed by atoms with Crippen molar-refractivity contribution in [2.75, 3.05) is 13.2 Å². The van der Waals surface area contributed by atoms with E-state index >= 15 is 0 Å². The summed E-state index contributed by atoms with van der Waals surface area (Å²) in [6, 6.07) is 26.7. The molecule has 206 valence electrons. The average Bonchev–Trinajstić information content (AvgIpc) is 3.32. The summed E-state index contributed by atoms with van der Waals surface area (Å²) in [5.41, 5.74) is 3.15. The van der Waals surface area contributed by atoms with Crippen LogP contribution in [0.2, 0.25) is 0 Å². The average molecular weight is 651 g/mol. The Labute approximate surface area is 246 Å². The molecule has 0 unspecified atom stereocenters. The van der Waals surface area contributed by atoms with Gasteiger partial charge in [0.15, 0.2) is 0 Å². The van der Waals surface area contributed by atoms with Gasteiger partial charge in [-0.2, -0.15) is 0 Å². The van der Waals surface area contributed by atoms with Crippen molar-refractivity contribution in [3.63, 3.8) is 0 Å². The number of para-hydroxylation sites is 1. The number of aliphatic hydroxyl groups excluding tert-OH is 1. The van der Waals surface area contributed by atoms with Crippen LogP contribution in [0.25, 0.3) is 21.8 Å². The number of carbonyl (C=O) groups is 1. The third-order valence-electron chi connectivity index (χ3n) is 6.72. The number of nitrogens with one attached hydrogen (secondary N) is 2. The minimum absolute atomic E-state index is 0.181. The molecule has 8 heteroatoms. The van der Waals surface area contributed by atoms with Gasteiger partial charge in [-0.05, 0) is 97.0 Å². The first kappa shape index (κ1) is 27.9. The molecule has 0 aliphatic heterocycles. The molecule has 0 bridgehead atoms. The van der Waals surface area contributed by atoms with Gasteiger partial charge in [-0.3, -0.25) is 0 Å². The Morgan fingerprint density at radius 1 is 0.975 bits per heavy atom. The number of fused-ring (bicyclic) bond motifs is 3. The Morgan fingerprint density at radius 2 is 1.73 bits per heavy atom. The summed E-state index contributed by atoms with van der Waals surface area (Å²) >= 11 is 2.07. The van der Waals surface area contributed by atoms with Gasteiger partial charge in [0.2, 0.25) is 0 Å². The van der Waals surface area contributed by atoms with Crippen LogP contribution in [-0.2, 0) is 6.42 Å². The highest BCUT2D eigenvalue weighted by Crippen LogP contribution is 2.33. The molecule has 0 aliphatic carbocycles. The van der Waals surface area contributed by atoms with Gasteiger partial charge < -0.3 is 30.0 Å². The fraction of sp³-hybridized carbons (Fsp3) is 0.219. The highest BCUT2D eigenvalue weighted by atomic mass is 127. The Morgan fingerprint density at radius 3 is 2.48 bits per heavy atom. The Balaban J connectivity index is 1.14. The minimum Gasteiger partial charge on any atom is -0.490 e. The van der Waals surface area contributed by atoms with Gasteiger partial charge in [-0.15, -0.1) is 0 Å². The van der Waals surface area contributed by atoms with Gasteiger partial charge in [-0.25, -0.2) is 4.79 Å². The molecule has 7 nitrogen and oxygen atoms in total. The van der Waals surface area contributed by atoms with Crippen molar-refractivity contribution in [1.82, 2.24) is 10.3 Å². The zero-order chi connectivity index (χ0) is 28.3. The number of aliphatic hydroxyl groups is 1. The molecule has 0 radical (unpaired) electrons. The first-order valence-corrected chi connectivity index (χ1v) is 14.1. The van der Waals surface area contributed by atoms with E-state index in [-0.39, 0.29) is 17.7 Å². The van der Waals surface area contributed by atoms with E-state index < -0.39 is 12.1 Å². The number of aromatic amines is 1. The Hall–Kier alpha value is -3.60. The maximum atomic E-state index is 11.2. The number of H-pyrrole nitrogens is 1. The molecule has 1 atom stereocenters. The Kier molecular flexibility index (Phi) is 8.30. The highest BCUT2D eigenvalue weighted by Gasteiger charge is 2.20. The molecule has 1 aromatic heterocycles. The first-order valence-electron chi connectivity index (χ1n) is 13.0. The smallest absolute Gasteiger partial charge is 0.335 e. The maximum Gasteiger partial charge on any atom is 0.335 e. The topological polar surface area (TPSA) is 104 Å². The predicted molar refractivity (Wildman–Crippen MR) is 166 cm³/mol. The number of aromatic nitrogens is 1. The molecule has 0 spiro atoms. The van der Waals surface area contributed by atoms with Crippen LogP contribution in [0, 0.1) is 3.57 Å². The SMILES string of the molecule is CC(C)(Cc1ccc(Oc2ccc(C(=O)O)cc2I)cc1)NC[C@H](O)COc1cccc2[nH]c3ccccc3c12. The lowest BCUT2D eigenvalue weighted by molar-refractivity contribution is 0.0696. The molecule has 40 heavy (non-hydrogen) atoms. The third kappa shape index (κ3) is 6.57. The number of halogens is 1. The normalized spacial score (nSPS) is 12.5. The first-order chi connectivity index (χ1) is 19.2. The van der Waals surface area contributed by atoms with E-state index in [2.05, 4.69) is 52.8 Å². The molecule has 4 N–H and O–H groups in total. The number of β-amino-alcohol motifs (C(OH)–C–C–N with tert-alkyl or cyclic N) is 1. The fourth-order valence-electron chi connectivity index (χ4n) is 4.72. The number of carboxylic acid groups (broad SMARTS) is 1. The van der Waals surface area contributed by atoms with E-state index in [1.807, 2.05) is 60.7 Å². The number of hydrogen-bond donors (Lipinski definition) is 4. The van der Waals surface area contributed by atoms with Crippen molar-refractivity contribution in [1.29, 1.82) is 0 Å². The van der Waals surface area contributed by atoms with Gasteiger partial charge in [-0.1, -0.05) is 36.4 Å². The lowest BCUT2D eigenvalue weighted by Gasteiger charge is -2.28. The summed E-state index contributed by atoms with van der Waals surface area (Å²) in [6.45, 7) is 4.77. The minimum atomic E-state index is -0.965. The maximum absolute atomic E-state index is 11.2. The van der Waals surface area contributed by atoms with E-state index in [1.54, 1.807) is 12.1 Å². The summed E-state index contributed by atoms with van der Waals surface area (Å²) in [4.78, 5) is 14.6. The third-order valence-corrected chi connectivity index (χ3v) is 7.56. The molecule has 0 saturated carbocycles. The van der Waals surface area contributed by atoms with Crippen LogP contribution in [0.5, 0.6) is 17.2 Å². The molecule has 5 aromatic rings. The van der Waals surface area contributed by atoms with E-state index in [0.717, 1.165) is 43.1 Å². The van der Waals surface area contributed by atoms with E-state index in [4.69, 9.17) is 14.6 Å². The summed E-state index contributed by atoms with van der Waals surface area (Å²) in [5.74, 6) is 1.07. The van der Waals surface area contributed by atoms with Gasteiger partial charge in [0.25, 0.3) is 0 Å². The molecule has 0 fully saturated rings. The summed E-state index contributed by atoms with van der Waals surface area (Å²) < 4.78 is 12.7. The second kappa shape index (κ2) is 11.9. The van der Waals surface area contributed by atoms with Gasteiger partial charge >= 0.3 is 5.97 Å². The van der Waals surface area contributed by atoms with Crippen molar-refractivity contribution >= 4 is 50.4 Å². The van der Waals surface area contributed by atoms with Crippen LogP contribution >= 0.6 is 22.6 Å². The van der Waals surface area contributed by atoms with Gasteiger partial charge in [0.1, 0.15) is 30.0 Å². The predicted octanol–water partition coefficient (Wildman–Crippen LogP) is 6.77. The molecule has 0 aliphatic rings. The molecular weight excluding hydrogens is 619 g/mol. The van der Waals surface area contributed by atoms with Crippen LogP contribution in [-0.4, -0.2) is 46.0 Å². The quantitative estimate of drug-likeness (QED) is 0.118. The number of aromatic carboxylic acids is 1. The lowest BCUT2D eigenvalue weighted by atomic mass is 9.94. The molecular formula is C32H31IN2O5. The van der Waals surface area contributed by atoms with Crippen molar-refractivity contribution in [3.05, 3.63) is 99.6 Å². The zero-order valence-corrected chi connectivity index (χ0v) is 24.4. The van der Waals surface area contributed by atoms with Crippen LogP contribution in [0.1, 0.15) is 29.8 Å². The van der Waals surface area contributed by atoms with Crippen molar-refractivity contribution in [2.45, 2.75) is 31.9 Å².